The Morgan fingerprint density at radius 3 is 2.53 bits per heavy atom. The van der Waals surface area contributed by atoms with Gasteiger partial charge in [-0.1, -0.05) is 0 Å². The molecule has 0 saturated carbocycles. The normalized spacial score (nSPS) is 21.4. The van der Waals surface area contributed by atoms with E-state index in [1.807, 2.05) is 12.1 Å². The Hall–Kier alpha value is -3.43. The SMILES string of the molecule is Fc1cc(Nc2ncnc3c2CCN(c2ncccc2C(F)(F)F)C3)ccc1N1C2CCCC1CC2. The minimum Gasteiger partial charge on any atom is -0.363 e. The highest BCUT2D eigenvalue weighted by molar-refractivity contribution is 5.65. The predicted molar refractivity (Wildman–Crippen MR) is 129 cm³/mol. The summed E-state index contributed by atoms with van der Waals surface area (Å²) in [7, 11) is 0. The first-order valence-electron chi connectivity index (χ1n) is 12.3. The van der Waals surface area contributed by atoms with Crippen LogP contribution in [0.25, 0.3) is 0 Å². The van der Waals surface area contributed by atoms with E-state index in [1.54, 1.807) is 4.90 Å². The van der Waals surface area contributed by atoms with Crippen LogP contribution in [-0.2, 0) is 19.1 Å². The number of nitrogens with zero attached hydrogens (tertiary/aromatic N) is 5. The second kappa shape index (κ2) is 8.90. The van der Waals surface area contributed by atoms with Crippen LogP contribution in [0.2, 0.25) is 0 Å². The number of halogens is 4. The summed E-state index contributed by atoms with van der Waals surface area (Å²) >= 11 is 0. The molecule has 1 N–H and O–H groups in total. The van der Waals surface area contributed by atoms with Crippen molar-refractivity contribution in [3.63, 3.8) is 0 Å². The number of aromatic nitrogens is 3. The van der Waals surface area contributed by atoms with Crippen LogP contribution < -0.4 is 15.1 Å². The zero-order valence-electron chi connectivity index (χ0n) is 19.6. The number of hydrogen-bond acceptors (Lipinski definition) is 6. The molecule has 0 radical (unpaired) electrons. The van der Waals surface area contributed by atoms with Crippen molar-refractivity contribution >= 4 is 23.0 Å². The second-order valence-corrected chi connectivity index (χ2v) is 9.71. The maximum atomic E-state index is 15.2. The maximum Gasteiger partial charge on any atom is 0.419 e. The van der Waals surface area contributed by atoms with Crippen molar-refractivity contribution in [3.8, 4) is 0 Å². The molecule has 2 saturated heterocycles. The molecule has 188 valence electrons. The highest BCUT2D eigenvalue weighted by Crippen LogP contribution is 2.41. The van der Waals surface area contributed by atoms with Gasteiger partial charge >= 0.3 is 6.18 Å². The average molecular weight is 499 g/mol. The Bertz CT molecular complexity index is 1260. The smallest absolute Gasteiger partial charge is 0.363 e. The van der Waals surface area contributed by atoms with Gasteiger partial charge in [-0.2, -0.15) is 13.2 Å². The fourth-order valence-corrected chi connectivity index (χ4v) is 5.95. The number of piperidine rings is 1. The lowest BCUT2D eigenvalue weighted by Crippen LogP contribution is -2.40. The number of hydrogen-bond donors (Lipinski definition) is 1. The van der Waals surface area contributed by atoms with E-state index in [9.17, 15) is 13.2 Å². The van der Waals surface area contributed by atoms with E-state index in [-0.39, 0.29) is 18.2 Å². The molecule has 36 heavy (non-hydrogen) atoms. The molecule has 0 amide bonds. The second-order valence-electron chi connectivity index (χ2n) is 9.71. The summed E-state index contributed by atoms with van der Waals surface area (Å²) in [5.74, 6) is 0.178. The summed E-state index contributed by atoms with van der Waals surface area (Å²) in [6.07, 6.45) is 4.36. The van der Waals surface area contributed by atoms with Crippen LogP contribution in [0, 0.1) is 5.82 Å². The fraction of sp³-hybridized carbons (Fsp3) is 0.423. The molecule has 0 aliphatic carbocycles. The molecule has 2 atom stereocenters. The number of pyridine rings is 1. The Morgan fingerprint density at radius 2 is 1.78 bits per heavy atom. The van der Waals surface area contributed by atoms with Crippen molar-refractivity contribution in [2.75, 3.05) is 21.7 Å². The van der Waals surface area contributed by atoms with Gasteiger partial charge in [-0.25, -0.2) is 19.3 Å². The largest absolute Gasteiger partial charge is 0.419 e. The van der Waals surface area contributed by atoms with Crippen LogP contribution in [-0.4, -0.2) is 33.6 Å². The van der Waals surface area contributed by atoms with Crippen LogP contribution in [0.4, 0.5) is 40.6 Å². The molecule has 6 rings (SSSR count). The molecule has 1 aromatic carbocycles. The van der Waals surface area contributed by atoms with E-state index in [4.69, 9.17) is 0 Å². The van der Waals surface area contributed by atoms with E-state index in [0.717, 1.165) is 37.3 Å². The molecular weight excluding hydrogens is 472 g/mol. The summed E-state index contributed by atoms with van der Waals surface area (Å²) in [5.41, 5.74) is 1.91. The molecule has 2 bridgehead atoms. The molecule has 5 heterocycles. The summed E-state index contributed by atoms with van der Waals surface area (Å²) in [5, 5.41) is 3.21. The Morgan fingerprint density at radius 1 is 0.972 bits per heavy atom. The molecular formula is C26H26F4N6. The zero-order chi connectivity index (χ0) is 24.9. The molecule has 3 aromatic rings. The van der Waals surface area contributed by atoms with Crippen molar-refractivity contribution in [1.29, 1.82) is 0 Å². The molecule has 10 heteroatoms. The van der Waals surface area contributed by atoms with Crippen LogP contribution in [0.5, 0.6) is 0 Å². The molecule has 2 unspecified atom stereocenters. The summed E-state index contributed by atoms with van der Waals surface area (Å²) in [6, 6.07) is 8.36. The van der Waals surface area contributed by atoms with Gasteiger partial charge in [0, 0.05) is 36.1 Å². The molecule has 3 aliphatic heterocycles. The van der Waals surface area contributed by atoms with Crippen LogP contribution in [0.3, 0.4) is 0 Å². The van der Waals surface area contributed by atoms with Crippen molar-refractivity contribution in [2.45, 2.75) is 63.3 Å². The quantitative estimate of drug-likeness (QED) is 0.455. The highest BCUT2D eigenvalue weighted by atomic mass is 19.4. The molecule has 0 spiro atoms. The van der Waals surface area contributed by atoms with Gasteiger partial charge in [0.2, 0.25) is 0 Å². The number of anilines is 4. The highest BCUT2D eigenvalue weighted by Gasteiger charge is 2.38. The van der Waals surface area contributed by atoms with Gasteiger partial charge in [-0.05, 0) is 68.9 Å². The van der Waals surface area contributed by atoms with Crippen molar-refractivity contribution in [1.82, 2.24) is 15.0 Å². The first-order chi connectivity index (χ1) is 17.4. The maximum absolute atomic E-state index is 15.2. The van der Waals surface area contributed by atoms with Crippen LogP contribution in [0.1, 0.15) is 48.9 Å². The van der Waals surface area contributed by atoms with E-state index in [2.05, 4.69) is 25.2 Å². The van der Waals surface area contributed by atoms with Crippen molar-refractivity contribution in [2.24, 2.45) is 0 Å². The first-order valence-corrected chi connectivity index (χ1v) is 12.3. The standard InChI is InChI=1S/C26H26F4N6/c27-21-13-16(6-9-23(21)36-17-3-1-4-18(36)8-7-17)34-24-19-10-12-35(14-22(19)32-15-33-24)25-20(26(28,29)30)5-2-11-31-25/h2,5-6,9,11,13,15,17-18H,1,3-4,7-8,10,12,14H2,(H,32,33,34). The summed E-state index contributed by atoms with van der Waals surface area (Å²) < 4.78 is 55.7. The third-order valence-electron chi connectivity index (χ3n) is 7.58. The van der Waals surface area contributed by atoms with Crippen LogP contribution >= 0.6 is 0 Å². The monoisotopic (exact) mass is 498 g/mol. The number of alkyl halides is 3. The molecule has 3 aliphatic rings. The lowest BCUT2D eigenvalue weighted by atomic mass is 10.0. The van der Waals surface area contributed by atoms with E-state index in [0.29, 0.717) is 47.9 Å². The number of fused-ring (bicyclic) bond motifs is 3. The van der Waals surface area contributed by atoms with Crippen molar-refractivity contribution in [3.05, 3.63) is 65.5 Å². The van der Waals surface area contributed by atoms with Gasteiger partial charge in [0.15, 0.2) is 0 Å². The Labute approximate surface area is 206 Å². The minimum absolute atomic E-state index is 0.104. The van der Waals surface area contributed by atoms with Gasteiger partial charge in [0.05, 0.1) is 23.5 Å². The lowest BCUT2D eigenvalue weighted by molar-refractivity contribution is -0.137. The fourth-order valence-electron chi connectivity index (χ4n) is 5.95. The summed E-state index contributed by atoms with van der Waals surface area (Å²) in [4.78, 5) is 16.5. The number of nitrogens with one attached hydrogen (secondary N) is 1. The lowest BCUT2D eigenvalue weighted by Gasteiger charge is -2.37. The Kier molecular flexibility index (Phi) is 5.69. The molecule has 2 aromatic heterocycles. The van der Waals surface area contributed by atoms with Gasteiger partial charge < -0.3 is 15.1 Å². The van der Waals surface area contributed by atoms with E-state index < -0.39 is 11.7 Å². The zero-order valence-corrected chi connectivity index (χ0v) is 19.6. The topological polar surface area (TPSA) is 57.2 Å². The van der Waals surface area contributed by atoms with Crippen LogP contribution in [0.15, 0.2) is 42.9 Å². The van der Waals surface area contributed by atoms with Gasteiger partial charge in [-0.3, -0.25) is 0 Å². The average Bonchev–Trinajstić information content (AvgIpc) is 3.10. The first kappa shape index (κ1) is 23.0. The Balaban J connectivity index is 1.23. The van der Waals surface area contributed by atoms with Gasteiger partial charge in [0.1, 0.15) is 23.8 Å². The van der Waals surface area contributed by atoms with E-state index >= 15 is 4.39 Å². The molecule has 6 nitrogen and oxygen atoms in total. The third-order valence-corrected chi connectivity index (χ3v) is 7.58. The number of rotatable bonds is 4. The van der Waals surface area contributed by atoms with Gasteiger partial charge in [0.25, 0.3) is 0 Å². The van der Waals surface area contributed by atoms with Crippen molar-refractivity contribution < 1.29 is 17.6 Å². The minimum atomic E-state index is -4.49. The predicted octanol–water partition coefficient (Wildman–Crippen LogP) is 5.86. The number of benzene rings is 1. The van der Waals surface area contributed by atoms with E-state index in [1.165, 1.54) is 31.1 Å². The third kappa shape index (κ3) is 4.12. The van der Waals surface area contributed by atoms with Gasteiger partial charge in [-0.15, -0.1) is 0 Å². The summed E-state index contributed by atoms with van der Waals surface area (Å²) in [6.45, 7) is 0.512. The molecule has 2 fully saturated rings.